The number of methoxy groups -OCH3 is 2. The number of rotatable bonds is 5. The van der Waals surface area contributed by atoms with E-state index >= 15 is 0 Å². The Morgan fingerprint density at radius 2 is 1.67 bits per heavy atom. The molecule has 4 aromatic rings. The molecule has 0 atom stereocenters. The lowest BCUT2D eigenvalue weighted by Gasteiger charge is -2.11. The summed E-state index contributed by atoms with van der Waals surface area (Å²) in [6.45, 7) is 0. The molecule has 0 aliphatic rings. The molecule has 150 valence electrons. The van der Waals surface area contributed by atoms with Gasteiger partial charge in [0, 0.05) is 11.8 Å². The van der Waals surface area contributed by atoms with Gasteiger partial charge in [-0.3, -0.25) is 9.59 Å². The highest BCUT2D eigenvalue weighted by Crippen LogP contribution is 2.29. The predicted molar refractivity (Wildman–Crippen MR) is 118 cm³/mol. The molecule has 0 bridgehead atoms. The molecule has 0 radical (unpaired) electrons. The van der Waals surface area contributed by atoms with Crippen LogP contribution in [0.3, 0.4) is 0 Å². The zero-order valence-electron chi connectivity index (χ0n) is 16.6. The average molecular weight is 400 g/mol. The normalized spacial score (nSPS) is 10.6. The first-order chi connectivity index (χ1) is 14.6. The second kappa shape index (κ2) is 8.13. The van der Waals surface area contributed by atoms with E-state index in [2.05, 4.69) is 10.3 Å². The first kappa shape index (κ1) is 19.3. The van der Waals surface area contributed by atoms with Crippen molar-refractivity contribution in [2.24, 2.45) is 0 Å². The first-order valence-corrected chi connectivity index (χ1v) is 9.35. The van der Waals surface area contributed by atoms with E-state index in [9.17, 15) is 9.59 Å². The highest BCUT2D eigenvalue weighted by molar-refractivity contribution is 6.05. The van der Waals surface area contributed by atoms with Crippen LogP contribution in [-0.2, 0) is 0 Å². The summed E-state index contributed by atoms with van der Waals surface area (Å²) >= 11 is 0. The van der Waals surface area contributed by atoms with Gasteiger partial charge in [0.15, 0.2) is 0 Å². The van der Waals surface area contributed by atoms with E-state index in [1.807, 2.05) is 42.5 Å². The largest absolute Gasteiger partial charge is 0.497 e. The zero-order valence-corrected chi connectivity index (χ0v) is 16.6. The Labute approximate surface area is 173 Å². The molecule has 1 amide bonds. The fourth-order valence-electron chi connectivity index (χ4n) is 3.27. The molecule has 6 nitrogen and oxygen atoms in total. The molecular weight excluding hydrogens is 380 g/mol. The molecule has 0 saturated carbocycles. The van der Waals surface area contributed by atoms with Gasteiger partial charge in [0.1, 0.15) is 17.1 Å². The maximum atomic E-state index is 12.7. The monoisotopic (exact) mass is 400 g/mol. The minimum Gasteiger partial charge on any atom is -0.497 e. The van der Waals surface area contributed by atoms with Crippen LogP contribution < -0.4 is 20.3 Å². The van der Waals surface area contributed by atoms with Crippen molar-refractivity contribution in [2.75, 3.05) is 19.5 Å². The van der Waals surface area contributed by atoms with Crippen molar-refractivity contribution in [3.8, 4) is 22.8 Å². The Morgan fingerprint density at radius 1 is 0.867 bits per heavy atom. The molecule has 4 rings (SSSR count). The smallest absolute Gasteiger partial charge is 0.261 e. The lowest BCUT2D eigenvalue weighted by atomic mass is 10.0. The van der Waals surface area contributed by atoms with Crippen LogP contribution in [0, 0.1) is 0 Å². The van der Waals surface area contributed by atoms with Gasteiger partial charge in [-0.1, -0.05) is 36.4 Å². The van der Waals surface area contributed by atoms with Crippen LogP contribution in [0.4, 0.5) is 5.69 Å². The number of pyridine rings is 1. The Kier molecular flexibility index (Phi) is 5.22. The minimum atomic E-state index is -0.523. The van der Waals surface area contributed by atoms with E-state index in [0.29, 0.717) is 22.9 Å². The van der Waals surface area contributed by atoms with Crippen molar-refractivity contribution in [1.82, 2.24) is 4.98 Å². The van der Waals surface area contributed by atoms with Crippen molar-refractivity contribution >= 4 is 22.4 Å². The molecular formula is C24H20N2O4. The molecule has 1 aromatic heterocycles. The van der Waals surface area contributed by atoms with Crippen LogP contribution in [0.15, 0.2) is 77.6 Å². The van der Waals surface area contributed by atoms with Crippen LogP contribution in [0.1, 0.15) is 10.4 Å². The molecule has 0 spiro atoms. The number of fused-ring (bicyclic) bond motifs is 1. The van der Waals surface area contributed by atoms with Crippen molar-refractivity contribution in [3.05, 3.63) is 88.7 Å². The number of hydrogen-bond donors (Lipinski definition) is 2. The Balaban J connectivity index is 1.61. The summed E-state index contributed by atoms with van der Waals surface area (Å²) in [7, 11) is 3.04. The number of benzene rings is 3. The van der Waals surface area contributed by atoms with Gasteiger partial charge in [-0.25, -0.2) is 0 Å². The van der Waals surface area contributed by atoms with Gasteiger partial charge in [-0.05, 0) is 46.7 Å². The maximum absolute atomic E-state index is 12.7. The van der Waals surface area contributed by atoms with Crippen molar-refractivity contribution in [1.29, 1.82) is 0 Å². The third kappa shape index (κ3) is 3.75. The number of aromatic amines is 1. The number of carbonyl (C=O) groups excluding carboxylic acids is 1. The molecule has 0 unspecified atom stereocenters. The molecule has 6 heteroatoms. The minimum absolute atomic E-state index is 0.0115. The van der Waals surface area contributed by atoms with Gasteiger partial charge in [0.25, 0.3) is 11.5 Å². The summed E-state index contributed by atoms with van der Waals surface area (Å²) in [5, 5.41) is 4.91. The number of anilines is 1. The average Bonchev–Trinajstić information content (AvgIpc) is 2.78. The lowest BCUT2D eigenvalue weighted by molar-refractivity contribution is 0.102. The first-order valence-electron chi connectivity index (χ1n) is 9.35. The predicted octanol–water partition coefficient (Wildman–Crippen LogP) is 4.46. The summed E-state index contributed by atoms with van der Waals surface area (Å²) in [5.41, 5.74) is 1.50. The van der Waals surface area contributed by atoms with E-state index in [4.69, 9.17) is 9.47 Å². The lowest BCUT2D eigenvalue weighted by Crippen LogP contribution is -2.23. The van der Waals surface area contributed by atoms with Crippen molar-refractivity contribution in [2.45, 2.75) is 0 Å². The second-order valence-electron chi connectivity index (χ2n) is 6.70. The number of amides is 1. The van der Waals surface area contributed by atoms with Gasteiger partial charge < -0.3 is 19.8 Å². The number of aromatic nitrogens is 1. The summed E-state index contributed by atoms with van der Waals surface area (Å²) in [4.78, 5) is 28.1. The maximum Gasteiger partial charge on any atom is 0.261 e. The number of nitrogens with one attached hydrogen (secondary N) is 2. The van der Waals surface area contributed by atoms with Crippen molar-refractivity contribution < 1.29 is 14.3 Å². The fourth-order valence-corrected chi connectivity index (χ4v) is 3.27. The Bertz CT molecular complexity index is 1290. The quantitative estimate of drug-likeness (QED) is 0.518. The number of hydrogen-bond acceptors (Lipinski definition) is 4. The summed E-state index contributed by atoms with van der Waals surface area (Å²) in [6, 6.07) is 22.2. The third-order valence-electron chi connectivity index (χ3n) is 4.87. The standard InChI is InChI=1S/C24H20N2O4/c1-29-18-9-11-21(22(14-18)30-2)26-24(28)19-10-12-20(25-23(19)27)17-8-7-15-5-3-4-6-16(15)13-17/h3-14H,1-2H3,(H,25,27)(H,26,28). The molecule has 0 aliphatic carbocycles. The third-order valence-corrected chi connectivity index (χ3v) is 4.87. The van der Waals surface area contributed by atoms with E-state index in [1.165, 1.54) is 13.2 Å². The molecule has 3 aromatic carbocycles. The van der Waals surface area contributed by atoms with E-state index in [1.54, 1.807) is 31.4 Å². The van der Waals surface area contributed by atoms with E-state index < -0.39 is 11.5 Å². The second-order valence-corrected chi connectivity index (χ2v) is 6.70. The van der Waals surface area contributed by atoms with E-state index in [0.717, 1.165) is 16.3 Å². The van der Waals surface area contributed by atoms with Gasteiger partial charge in [-0.2, -0.15) is 0 Å². The fraction of sp³-hybridized carbons (Fsp3) is 0.0833. The Morgan fingerprint density at radius 3 is 2.40 bits per heavy atom. The molecule has 0 aliphatic heterocycles. The van der Waals surface area contributed by atoms with Crippen LogP contribution in [-0.4, -0.2) is 25.1 Å². The highest BCUT2D eigenvalue weighted by Gasteiger charge is 2.15. The van der Waals surface area contributed by atoms with Crippen molar-refractivity contribution in [3.63, 3.8) is 0 Å². The topological polar surface area (TPSA) is 80.4 Å². The molecule has 1 heterocycles. The number of H-pyrrole nitrogens is 1. The molecule has 30 heavy (non-hydrogen) atoms. The van der Waals surface area contributed by atoms with Crippen LogP contribution in [0.25, 0.3) is 22.0 Å². The number of carbonyl (C=O) groups is 1. The summed E-state index contributed by atoms with van der Waals surface area (Å²) in [5.74, 6) is 0.513. The molecule has 0 fully saturated rings. The van der Waals surface area contributed by atoms with Gasteiger partial charge in [-0.15, -0.1) is 0 Å². The van der Waals surface area contributed by atoms with Gasteiger partial charge >= 0.3 is 0 Å². The van der Waals surface area contributed by atoms with Crippen LogP contribution in [0.5, 0.6) is 11.5 Å². The Hall–Kier alpha value is -4.06. The zero-order chi connectivity index (χ0) is 21.1. The summed E-state index contributed by atoms with van der Waals surface area (Å²) in [6.07, 6.45) is 0. The molecule has 2 N–H and O–H groups in total. The van der Waals surface area contributed by atoms with Gasteiger partial charge in [0.05, 0.1) is 19.9 Å². The van der Waals surface area contributed by atoms with Gasteiger partial charge in [0.2, 0.25) is 0 Å². The summed E-state index contributed by atoms with van der Waals surface area (Å²) < 4.78 is 10.4. The van der Waals surface area contributed by atoms with Crippen LogP contribution >= 0.6 is 0 Å². The van der Waals surface area contributed by atoms with E-state index in [-0.39, 0.29) is 5.56 Å². The number of ether oxygens (including phenoxy) is 2. The van der Waals surface area contributed by atoms with Crippen LogP contribution in [0.2, 0.25) is 0 Å². The molecule has 0 saturated heterocycles. The SMILES string of the molecule is COc1ccc(NC(=O)c2ccc(-c3ccc4ccccc4c3)[nH]c2=O)c(OC)c1. The highest BCUT2D eigenvalue weighted by atomic mass is 16.5.